The summed E-state index contributed by atoms with van der Waals surface area (Å²) in [6, 6.07) is 0. The normalized spacial score (nSPS) is 25.4. The van der Waals surface area contributed by atoms with E-state index in [2.05, 4.69) is 5.48 Å². The molecule has 1 fully saturated rings. The van der Waals surface area contributed by atoms with E-state index in [4.69, 9.17) is 9.57 Å². The van der Waals surface area contributed by atoms with Gasteiger partial charge in [-0.25, -0.2) is 5.48 Å². The molecule has 11 heavy (non-hydrogen) atoms. The minimum absolute atomic E-state index is 0.464. The molecule has 0 amide bonds. The summed E-state index contributed by atoms with van der Waals surface area (Å²) >= 11 is 0. The van der Waals surface area contributed by atoms with Gasteiger partial charge < -0.3 is 9.57 Å². The fourth-order valence-corrected chi connectivity index (χ4v) is 1.36. The Labute approximate surface area is 68.0 Å². The fraction of sp³-hybridized carbons (Fsp3) is 1.00. The van der Waals surface area contributed by atoms with Crippen LogP contribution in [-0.4, -0.2) is 26.4 Å². The minimum atomic E-state index is 0.464. The lowest BCUT2D eigenvalue weighted by Gasteiger charge is -2.22. The van der Waals surface area contributed by atoms with Gasteiger partial charge in [-0.2, -0.15) is 0 Å². The van der Waals surface area contributed by atoms with Crippen molar-refractivity contribution < 1.29 is 9.57 Å². The summed E-state index contributed by atoms with van der Waals surface area (Å²) in [5, 5.41) is 0. The SMILES string of the molecule is CONCCC1CCCCO1. The molecule has 0 radical (unpaired) electrons. The van der Waals surface area contributed by atoms with Crippen molar-refractivity contribution in [3.05, 3.63) is 0 Å². The van der Waals surface area contributed by atoms with Crippen LogP contribution >= 0.6 is 0 Å². The van der Waals surface area contributed by atoms with Gasteiger partial charge in [-0.05, 0) is 25.7 Å². The Kier molecular flexibility index (Phi) is 4.50. The lowest BCUT2D eigenvalue weighted by atomic mass is 10.1. The van der Waals surface area contributed by atoms with Gasteiger partial charge >= 0.3 is 0 Å². The zero-order chi connectivity index (χ0) is 7.94. The van der Waals surface area contributed by atoms with Crippen molar-refractivity contribution in [3.63, 3.8) is 0 Å². The smallest absolute Gasteiger partial charge is 0.0588 e. The zero-order valence-electron chi connectivity index (χ0n) is 7.14. The first-order chi connectivity index (χ1) is 5.43. The molecule has 1 atom stereocenters. The van der Waals surface area contributed by atoms with Crippen LogP contribution in [0.2, 0.25) is 0 Å². The maximum atomic E-state index is 5.53. The van der Waals surface area contributed by atoms with Crippen LogP contribution in [0.1, 0.15) is 25.7 Å². The Morgan fingerprint density at radius 2 is 2.45 bits per heavy atom. The van der Waals surface area contributed by atoms with E-state index in [9.17, 15) is 0 Å². The van der Waals surface area contributed by atoms with Crippen molar-refractivity contribution in [1.82, 2.24) is 5.48 Å². The molecular formula is C8H17NO2. The summed E-state index contributed by atoms with van der Waals surface area (Å²) in [5.41, 5.74) is 2.82. The molecule has 1 aliphatic heterocycles. The summed E-state index contributed by atoms with van der Waals surface area (Å²) in [7, 11) is 1.64. The number of nitrogens with one attached hydrogen (secondary N) is 1. The van der Waals surface area contributed by atoms with Gasteiger partial charge in [0.15, 0.2) is 0 Å². The van der Waals surface area contributed by atoms with Crippen molar-refractivity contribution in [2.45, 2.75) is 31.8 Å². The van der Waals surface area contributed by atoms with Gasteiger partial charge in [-0.1, -0.05) is 0 Å². The third kappa shape index (κ3) is 3.70. The highest BCUT2D eigenvalue weighted by molar-refractivity contribution is 4.63. The minimum Gasteiger partial charge on any atom is -0.378 e. The standard InChI is InChI=1S/C8H17NO2/c1-10-9-6-5-8-4-2-3-7-11-8/h8-9H,2-7H2,1H3. The molecule has 3 heteroatoms. The average molecular weight is 159 g/mol. The summed E-state index contributed by atoms with van der Waals surface area (Å²) in [6.07, 6.45) is 5.29. The summed E-state index contributed by atoms with van der Waals surface area (Å²) in [6.45, 7) is 1.83. The van der Waals surface area contributed by atoms with Crippen molar-refractivity contribution in [2.24, 2.45) is 0 Å². The average Bonchev–Trinajstić information content (AvgIpc) is 2.07. The Bertz CT molecular complexity index is 92.1. The van der Waals surface area contributed by atoms with Crippen molar-refractivity contribution in [1.29, 1.82) is 0 Å². The first-order valence-electron chi connectivity index (χ1n) is 4.31. The third-order valence-corrected chi connectivity index (χ3v) is 1.99. The van der Waals surface area contributed by atoms with Gasteiger partial charge in [0.05, 0.1) is 13.2 Å². The first-order valence-corrected chi connectivity index (χ1v) is 4.31. The topological polar surface area (TPSA) is 30.5 Å². The van der Waals surface area contributed by atoms with Gasteiger partial charge in [0.2, 0.25) is 0 Å². The number of rotatable bonds is 4. The molecule has 0 spiro atoms. The third-order valence-electron chi connectivity index (χ3n) is 1.99. The molecule has 1 heterocycles. The second kappa shape index (κ2) is 5.52. The summed E-state index contributed by atoms with van der Waals surface area (Å²) in [4.78, 5) is 4.73. The maximum absolute atomic E-state index is 5.53. The van der Waals surface area contributed by atoms with Gasteiger partial charge in [-0.15, -0.1) is 0 Å². The molecule has 1 rings (SSSR count). The summed E-state index contributed by atoms with van der Waals surface area (Å²) < 4.78 is 5.53. The second-order valence-electron chi connectivity index (χ2n) is 2.88. The highest BCUT2D eigenvalue weighted by atomic mass is 16.6. The molecule has 1 saturated heterocycles. The van der Waals surface area contributed by atoms with Crippen LogP contribution in [0.4, 0.5) is 0 Å². The molecule has 1 unspecified atom stereocenters. The fourth-order valence-electron chi connectivity index (χ4n) is 1.36. The molecule has 0 aromatic heterocycles. The molecule has 1 aliphatic rings. The molecule has 0 saturated carbocycles. The molecule has 3 nitrogen and oxygen atoms in total. The van der Waals surface area contributed by atoms with Crippen LogP contribution in [0.5, 0.6) is 0 Å². The predicted molar refractivity (Wildman–Crippen MR) is 43.2 cm³/mol. The lowest BCUT2D eigenvalue weighted by molar-refractivity contribution is 0.000753. The number of ether oxygens (including phenoxy) is 1. The molecule has 0 aromatic rings. The Balaban J connectivity index is 1.96. The Morgan fingerprint density at radius 3 is 3.09 bits per heavy atom. The second-order valence-corrected chi connectivity index (χ2v) is 2.88. The quantitative estimate of drug-likeness (QED) is 0.492. The van der Waals surface area contributed by atoms with Crippen LogP contribution in [0.25, 0.3) is 0 Å². The Hall–Kier alpha value is -0.120. The molecular weight excluding hydrogens is 142 g/mol. The largest absolute Gasteiger partial charge is 0.378 e. The van der Waals surface area contributed by atoms with E-state index in [1.165, 1.54) is 19.3 Å². The number of hydroxylamine groups is 1. The van der Waals surface area contributed by atoms with E-state index in [1.54, 1.807) is 7.11 Å². The van der Waals surface area contributed by atoms with Crippen LogP contribution in [0, 0.1) is 0 Å². The zero-order valence-corrected chi connectivity index (χ0v) is 7.14. The van der Waals surface area contributed by atoms with Crippen LogP contribution in [-0.2, 0) is 9.57 Å². The highest BCUT2D eigenvalue weighted by Gasteiger charge is 2.12. The monoisotopic (exact) mass is 159 g/mol. The van der Waals surface area contributed by atoms with Gasteiger partial charge in [0, 0.05) is 13.2 Å². The van der Waals surface area contributed by atoms with Crippen molar-refractivity contribution >= 4 is 0 Å². The number of hydrogen-bond donors (Lipinski definition) is 1. The predicted octanol–water partition coefficient (Wildman–Crippen LogP) is 1.10. The van der Waals surface area contributed by atoms with E-state index in [0.717, 1.165) is 19.6 Å². The maximum Gasteiger partial charge on any atom is 0.0588 e. The van der Waals surface area contributed by atoms with Crippen LogP contribution in [0.3, 0.4) is 0 Å². The van der Waals surface area contributed by atoms with Gasteiger partial charge in [0.25, 0.3) is 0 Å². The van der Waals surface area contributed by atoms with E-state index in [0.29, 0.717) is 6.10 Å². The van der Waals surface area contributed by atoms with Gasteiger partial charge in [-0.3, -0.25) is 0 Å². The lowest BCUT2D eigenvalue weighted by Crippen LogP contribution is -2.24. The van der Waals surface area contributed by atoms with E-state index >= 15 is 0 Å². The van der Waals surface area contributed by atoms with Crippen molar-refractivity contribution in [3.8, 4) is 0 Å². The molecule has 66 valence electrons. The van der Waals surface area contributed by atoms with E-state index in [1.807, 2.05) is 0 Å². The highest BCUT2D eigenvalue weighted by Crippen LogP contribution is 2.14. The number of hydrogen-bond acceptors (Lipinski definition) is 3. The van der Waals surface area contributed by atoms with Crippen molar-refractivity contribution in [2.75, 3.05) is 20.3 Å². The van der Waals surface area contributed by atoms with Crippen LogP contribution < -0.4 is 5.48 Å². The molecule has 0 aliphatic carbocycles. The molecule has 1 N–H and O–H groups in total. The van der Waals surface area contributed by atoms with E-state index < -0.39 is 0 Å². The Morgan fingerprint density at radius 1 is 1.55 bits per heavy atom. The molecule has 0 bridgehead atoms. The first kappa shape index (κ1) is 8.97. The summed E-state index contributed by atoms with van der Waals surface area (Å²) in [5.74, 6) is 0. The van der Waals surface area contributed by atoms with E-state index in [-0.39, 0.29) is 0 Å². The van der Waals surface area contributed by atoms with Gasteiger partial charge in [0.1, 0.15) is 0 Å². The van der Waals surface area contributed by atoms with Crippen LogP contribution in [0.15, 0.2) is 0 Å². The molecule has 0 aromatic carbocycles.